The summed E-state index contributed by atoms with van der Waals surface area (Å²) in [6, 6.07) is 25.6. The van der Waals surface area contributed by atoms with E-state index in [-0.39, 0.29) is 0 Å². The summed E-state index contributed by atoms with van der Waals surface area (Å²) < 4.78 is 12.4. The molecule has 4 aromatic carbocycles. The quantitative estimate of drug-likeness (QED) is 0.394. The number of hydrogen-bond donors (Lipinski definition) is 2. The summed E-state index contributed by atoms with van der Waals surface area (Å²) in [7, 11) is 0. The number of nitrogens with one attached hydrogen (secondary N) is 2. The molecule has 4 aromatic rings. The van der Waals surface area contributed by atoms with Gasteiger partial charge in [0, 0.05) is 37.3 Å². The molecule has 0 spiro atoms. The van der Waals surface area contributed by atoms with Crippen LogP contribution in [0.5, 0.6) is 11.5 Å². The molecular weight excluding hydrogens is 396 g/mol. The summed E-state index contributed by atoms with van der Waals surface area (Å²) in [6.07, 6.45) is 1.92. The molecule has 0 atom stereocenters. The van der Waals surface area contributed by atoms with Crippen molar-refractivity contribution < 1.29 is 9.47 Å². The average molecular weight is 427 g/mol. The van der Waals surface area contributed by atoms with Gasteiger partial charge < -0.3 is 20.1 Å². The fraction of sp³-hybridized carbons (Fsp3) is 0.286. The topological polar surface area (TPSA) is 42.5 Å². The minimum absolute atomic E-state index is 0.695. The highest BCUT2D eigenvalue weighted by Gasteiger charge is 2.11. The van der Waals surface area contributed by atoms with Gasteiger partial charge in [0.05, 0.1) is 13.2 Å². The third-order valence-corrected chi connectivity index (χ3v) is 6.13. The maximum atomic E-state index is 6.21. The molecule has 164 valence electrons. The Morgan fingerprint density at radius 1 is 0.531 bits per heavy atom. The monoisotopic (exact) mass is 426 g/mol. The van der Waals surface area contributed by atoms with Crippen molar-refractivity contribution in [3.05, 3.63) is 83.9 Å². The molecule has 4 nitrogen and oxygen atoms in total. The van der Waals surface area contributed by atoms with Crippen LogP contribution >= 0.6 is 0 Å². The molecule has 32 heavy (non-hydrogen) atoms. The maximum Gasteiger partial charge on any atom is 0.124 e. The highest BCUT2D eigenvalue weighted by molar-refractivity contribution is 5.88. The molecule has 0 saturated heterocycles. The van der Waals surface area contributed by atoms with Crippen LogP contribution in [0.3, 0.4) is 0 Å². The predicted octanol–water partition coefficient (Wildman–Crippen LogP) is 5.42. The van der Waals surface area contributed by atoms with Crippen LogP contribution < -0.4 is 20.1 Å². The highest BCUT2D eigenvalue weighted by atomic mass is 16.5. The standard InChI is InChI=1S/C28H30N2O2/c1-3-9-23-21(7-1)11-13-27-25(23)19-29-15-16-30-20-26-24-10-4-2-8-22(24)12-14-28(26)32-18-6-5-17-31-27/h1-4,7-14,29-30H,5-6,15-20H2. The second-order valence-electron chi connectivity index (χ2n) is 8.28. The molecule has 0 amide bonds. The van der Waals surface area contributed by atoms with Crippen molar-refractivity contribution >= 4 is 21.5 Å². The van der Waals surface area contributed by atoms with Gasteiger partial charge in [-0.15, -0.1) is 0 Å². The normalized spacial score (nSPS) is 16.0. The van der Waals surface area contributed by atoms with Gasteiger partial charge >= 0.3 is 0 Å². The van der Waals surface area contributed by atoms with Gasteiger partial charge in [0.2, 0.25) is 0 Å². The molecule has 0 aromatic heterocycles. The lowest BCUT2D eigenvalue weighted by Gasteiger charge is -2.18. The first kappa shape index (κ1) is 20.8. The molecule has 4 heteroatoms. The summed E-state index contributed by atoms with van der Waals surface area (Å²) in [4.78, 5) is 0. The number of benzene rings is 4. The lowest BCUT2D eigenvalue weighted by atomic mass is 10.0. The number of hydrogen-bond acceptors (Lipinski definition) is 4. The van der Waals surface area contributed by atoms with Gasteiger partial charge in [-0.1, -0.05) is 60.7 Å². The average Bonchev–Trinajstić information content (AvgIpc) is 2.83. The van der Waals surface area contributed by atoms with Gasteiger partial charge in [0.15, 0.2) is 0 Å². The van der Waals surface area contributed by atoms with Gasteiger partial charge in [0.25, 0.3) is 0 Å². The Morgan fingerprint density at radius 2 is 1.00 bits per heavy atom. The van der Waals surface area contributed by atoms with E-state index in [1.165, 1.54) is 32.7 Å². The molecule has 0 saturated carbocycles. The SMILES string of the molecule is c1ccc2c3c(ccc2c1)OCCCCOc1ccc2ccccc2c1CNCCNC3. The van der Waals surface area contributed by atoms with E-state index in [9.17, 15) is 0 Å². The van der Waals surface area contributed by atoms with Crippen LogP contribution in [0.1, 0.15) is 24.0 Å². The third-order valence-electron chi connectivity index (χ3n) is 6.13. The largest absolute Gasteiger partial charge is 0.493 e. The van der Waals surface area contributed by atoms with Crippen LogP contribution in [0.15, 0.2) is 72.8 Å². The zero-order valence-corrected chi connectivity index (χ0v) is 18.4. The minimum atomic E-state index is 0.695. The number of rotatable bonds is 0. The zero-order valence-electron chi connectivity index (χ0n) is 18.4. The molecule has 0 fully saturated rings. The first-order valence-electron chi connectivity index (χ1n) is 11.6. The van der Waals surface area contributed by atoms with Gasteiger partial charge in [-0.25, -0.2) is 0 Å². The Morgan fingerprint density at radius 3 is 1.50 bits per heavy atom. The van der Waals surface area contributed by atoms with Crippen LogP contribution in [0, 0.1) is 0 Å². The lowest BCUT2D eigenvalue weighted by molar-refractivity contribution is 0.263. The van der Waals surface area contributed by atoms with Crippen LogP contribution in [-0.4, -0.2) is 26.3 Å². The van der Waals surface area contributed by atoms with Crippen molar-refractivity contribution in [3.8, 4) is 11.5 Å². The van der Waals surface area contributed by atoms with E-state index in [0.717, 1.165) is 50.5 Å². The van der Waals surface area contributed by atoms with E-state index < -0.39 is 0 Å². The van der Waals surface area contributed by atoms with Gasteiger partial charge in [0.1, 0.15) is 11.5 Å². The molecule has 5 rings (SSSR count). The van der Waals surface area contributed by atoms with Gasteiger partial charge in [-0.05, 0) is 46.5 Å². The maximum absolute atomic E-state index is 6.21. The summed E-state index contributed by atoms with van der Waals surface area (Å²) in [5, 5.41) is 12.2. The Hall–Kier alpha value is -3.08. The molecule has 0 unspecified atom stereocenters. The Labute approximate surface area is 189 Å². The lowest BCUT2D eigenvalue weighted by Crippen LogP contribution is -2.27. The van der Waals surface area contributed by atoms with Crippen LogP contribution in [0.2, 0.25) is 0 Å². The summed E-state index contributed by atoms with van der Waals surface area (Å²) in [6.45, 7) is 4.73. The minimum Gasteiger partial charge on any atom is -0.493 e. The summed E-state index contributed by atoms with van der Waals surface area (Å²) >= 11 is 0. The first-order valence-corrected chi connectivity index (χ1v) is 11.6. The van der Waals surface area contributed by atoms with Crippen molar-refractivity contribution in [2.75, 3.05) is 26.3 Å². The zero-order chi connectivity index (χ0) is 21.6. The van der Waals surface area contributed by atoms with Crippen molar-refractivity contribution in [1.29, 1.82) is 0 Å². The third kappa shape index (κ3) is 4.57. The summed E-state index contributed by atoms with van der Waals surface area (Å²) in [5.74, 6) is 1.96. The van der Waals surface area contributed by atoms with E-state index in [1.807, 2.05) is 0 Å². The fourth-order valence-corrected chi connectivity index (χ4v) is 4.44. The molecule has 1 heterocycles. The van der Waals surface area contributed by atoms with E-state index in [0.29, 0.717) is 13.2 Å². The fourth-order valence-electron chi connectivity index (χ4n) is 4.44. The molecule has 0 radical (unpaired) electrons. The van der Waals surface area contributed by atoms with Crippen molar-refractivity contribution in [2.45, 2.75) is 25.9 Å². The Bertz CT molecular complexity index is 1110. The van der Waals surface area contributed by atoms with E-state index in [2.05, 4.69) is 83.4 Å². The molecule has 0 bridgehead atoms. The molecule has 1 aliphatic heterocycles. The second-order valence-corrected chi connectivity index (χ2v) is 8.28. The van der Waals surface area contributed by atoms with Gasteiger partial charge in [-0.3, -0.25) is 0 Å². The predicted molar refractivity (Wildman–Crippen MR) is 132 cm³/mol. The molecule has 1 aliphatic rings. The Balaban J connectivity index is 1.35. The van der Waals surface area contributed by atoms with Gasteiger partial charge in [-0.2, -0.15) is 0 Å². The van der Waals surface area contributed by atoms with E-state index in [1.54, 1.807) is 0 Å². The number of ether oxygens (including phenoxy) is 2. The molecule has 0 aliphatic carbocycles. The second kappa shape index (κ2) is 10.0. The summed E-state index contributed by atoms with van der Waals surface area (Å²) in [5.41, 5.74) is 2.48. The molecular formula is C28H30N2O2. The smallest absolute Gasteiger partial charge is 0.124 e. The first-order chi connectivity index (χ1) is 15.9. The van der Waals surface area contributed by atoms with Crippen LogP contribution in [0.25, 0.3) is 21.5 Å². The highest BCUT2D eigenvalue weighted by Crippen LogP contribution is 2.30. The van der Waals surface area contributed by atoms with Crippen LogP contribution in [0.4, 0.5) is 0 Å². The van der Waals surface area contributed by atoms with Crippen molar-refractivity contribution in [1.82, 2.24) is 10.6 Å². The van der Waals surface area contributed by atoms with Crippen molar-refractivity contribution in [2.24, 2.45) is 0 Å². The van der Waals surface area contributed by atoms with Crippen molar-refractivity contribution in [3.63, 3.8) is 0 Å². The van der Waals surface area contributed by atoms with Crippen LogP contribution in [-0.2, 0) is 13.1 Å². The number of fused-ring (bicyclic) bond motifs is 6. The van der Waals surface area contributed by atoms with E-state index >= 15 is 0 Å². The Kier molecular flexibility index (Phi) is 6.52. The molecule has 2 N–H and O–H groups in total. The van der Waals surface area contributed by atoms with E-state index in [4.69, 9.17) is 9.47 Å².